The van der Waals surface area contributed by atoms with Crippen molar-refractivity contribution in [1.82, 2.24) is 0 Å². The van der Waals surface area contributed by atoms with Gasteiger partial charge < -0.3 is 28.8 Å². The highest BCUT2D eigenvalue weighted by molar-refractivity contribution is 5.93. The van der Waals surface area contributed by atoms with Gasteiger partial charge in [0, 0.05) is 59.5 Å². The summed E-state index contributed by atoms with van der Waals surface area (Å²) in [5.41, 5.74) is 2.28. The second kappa shape index (κ2) is 14.5. The fourth-order valence-corrected chi connectivity index (χ4v) is 5.56. The van der Waals surface area contributed by atoms with Gasteiger partial charge in [-0.3, -0.25) is 0 Å². The monoisotopic (exact) mass is 666 g/mol. The Bertz CT molecular complexity index is 2440. The van der Waals surface area contributed by atoms with Crippen molar-refractivity contribution >= 4 is 45.3 Å². The van der Waals surface area contributed by atoms with Gasteiger partial charge in [0.1, 0.15) is 22.3 Å². The summed E-state index contributed by atoms with van der Waals surface area (Å²) in [4.78, 5) is 51.3. The van der Waals surface area contributed by atoms with Crippen molar-refractivity contribution < 1.29 is 28.6 Å². The van der Waals surface area contributed by atoms with Gasteiger partial charge in [0.25, 0.3) is 0 Å². The molecule has 2 N–H and O–H groups in total. The van der Waals surface area contributed by atoms with Crippen LogP contribution in [-0.4, -0.2) is 35.2 Å². The minimum Gasteiger partial charge on any atom is -0.477 e. The summed E-state index contributed by atoms with van der Waals surface area (Å²) in [7, 11) is 0. The van der Waals surface area contributed by atoms with Crippen LogP contribution in [-0.2, 0) is 13.1 Å². The number of carboxylic acid groups (broad SMARTS) is 2. The second-order valence-electron chi connectivity index (χ2n) is 11.5. The minimum absolute atomic E-state index is 0.269. The van der Waals surface area contributed by atoms with E-state index in [-0.39, 0.29) is 11.2 Å². The highest BCUT2D eigenvalue weighted by Crippen LogP contribution is 2.26. The quantitative estimate of drug-likeness (QED) is 0.0889. The zero-order valence-corrected chi connectivity index (χ0v) is 26.7. The molecule has 0 saturated carbocycles. The largest absolute Gasteiger partial charge is 0.477 e. The second-order valence-corrected chi connectivity index (χ2v) is 11.5. The smallest absolute Gasteiger partial charge is 0.351 e. The molecule has 2 heterocycles. The Hall–Kier alpha value is -6.86. The van der Waals surface area contributed by atoms with E-state index in [1.165, 1.54) is 12.1 Å². The molecule has 0 aliphatic heterocycles. The van der Waals surface area contributed by atoms with Gasteiger partial charge in [0.2, 0.25) is 0 Å². The van der Waals surface area contributed by atoms with Crippen molar-refractivity contribution in [3.05, 3.63) is 164 Å². The van der Waals surface area contributed by atoms with E-state index in [1.807, 2.05) is 71.6 Å². The predicted octanol–water partition coefficient (Wildman–Crippen LogP) is 6.55. The van der Waals surface area contributed by atoms with Gasteiger partial charge in [0.15, 0.2) is 0 Å². The third-order valence-corrected chi connectivity index (χ3v) is 8.00. The van der Waals surface area contributed by atoms with Gasteiger partial charge in [-0.15, -0.1) is 6.58 Å². The van der Waals surface area contributed by atoms with Gasteiger partial charge in [0.05, 0.1) is 6.54 Å². The number of aromatic carboxylic acids is 2. The van der Waals surface area contributed by atoms with Crippen LogP contribution >= 0.6 is 0 Å². The lowest BCUT2D eigenvalue weighted by atomic mass is 10.1. The maximum absolute atomic E-state index is 12.3. The first-order chi connectivity index (χ1) is 24.2. The van der Waals surface area contributed by atoms with Crippen LogP contribution < -0.4 is 21.1 Å². The molecule has 0 atom stereocenters. The van der Waals surface area contributed by atoms with E-state index in [1.54, 1.807) is 30.3 Å². The van der Waals surface area contributed by atoms with E-state index in [0.717, 1.165) is 28.1 Å². The van der Waals surface area contributed by atoms with Gasteiger partial charge in [-0.1, -0.05) is 60.4 Å². The first-order valence-corrected chi connectivity index (χ1v) is 15.5. The van der Waals surface area contributed by atoms with Crippen LogP contribution in [0.5, 0.6) is 0 Å². The average Bonchev–Trinajstić information content (AvgIpc) is 3.10. The molecule has 0 saturated heterocycles. The molecule has 10 heteroatoms. The zero-order valence-electron chi connectivity index (χ0n) is 26.7. The first-order valence-electron chi connectivity index (χ1n) is 15.5. The molecule has 0 aliphatic carbocycles. The van der Waals surface area contributed by atoms with Crippen LogP contribution in [0.2, 0.25) is 0 Å². The fourth-order valence-electron chi connectivity index (χ4n) is 5.56. The van der Waals surface area contributed by atoms with Crippen LogP contribution in [0.15, 0.2) is 134 Å². The summed E-state index contributed by atoms with van der Waals surface area (Å²) in [6, 6.07) is 31.0. The number of rotatable bonds is 11. The van der Waals surface area contributed by atoms with Gasteiger partial charge >= 0.3 is 23.2 Å². The molecule has 6 rings (SSSR count). The Morgan fingerprint density at radius 3 is 1.82 bits per heavy atom. The van der Waals surface area contributed by atoms with Crippen molar-refractivity contribution in [3.8, 4) is 11.8 Å². The number of nitrogens with zero attached hydrogens (tertiary/aromatic N) is 2. The first kappa shape index (κ1) is 33.1. The number of carbonyl (C=O) groups is 2. The van der Waals surface area contributed by atoms with E-state index < -0.39 is 34.3 Å². The summed E-state index contributed by atoms with van der Waals surface area (Å²) in [5.74, 6) is 3.77. The molecule has 0 bridgehead atoms. The van der Waals surface area contributed by atoms with E-state index in [9.17, 15) is 29.4 Å². The fraction of sp³-hybridized carbons (Fsp3) is 0.100. The van der Waals surface area contributed by atoms with Crippen molar-refractivity contribution in [1.29, 1.82) is 0 Å². The molecule has 0 spiro atoms. The predicted molar refractivity (Wildman–Crippen MR) is 191 cm³/mol. The number of carboxylic acids is 2. The number of anilines is 2. The Morgan fingerprint density at radius 1 is 0.680 bits per heavy atom. The molecule has 10 nitrogen and oxygen atoms in total. The summed E-state index contributed by atoms with van der Waals surface area (Å²) in [6.07, 6.45) is 1.74. The lowest BCUT2D eigenvalue weighted by molar-refractivity contribution is 0.0681. The van der Waals surface area contributed by atoms with Crippen molar-refractivity contribution in [2.75, 3.05) is 22.9 Å². The van der Waals surface area contributed by atoms with Crippen LogP contribution in [0.1, 0.15) is 37.4 Å². The molecule has 248 valence electrons. The Kier molecular flexibility index (Phi) is 9.58. The van der Waals surface area contributed by atoms with E-state index in [0.29, 0.717) is 37.0 Å². The normalized spacial score (nSPS) is 10.7. The average molecular weight is 667 g/mol. The van der Waals surface area contributed by atoms with Crippen LogP contribution in [0.3, 0.4) is 0 Å². The maximum Gasteiger partial charge on any atom is 0.351 e. The van der Waals surface area contributed by atoms with E-state index in [2.05, 4.69) is 23.3 Å². The summed E-state index contributed by atoms with van der Waals surface area (Å²) >= 11 is 0. The number of hydrogen-bond acceptors (Lipinski definition) is 8. The van der Waals surface area contributed by atoms with Crippen molar-refractivity contribution in [2.24, 2.45) is 0 Å². The van der Waals surface area contributed by atoms with E-state index in [4.69, 9.17) is 8.83 Å². The molecule has 0 radical (unpaired) electrons. The minimum atomic E-state index is -1.34. The molecule has 50 heavy (non-hydrogen) atoms. The molecule has 4 aromatic carbocycles. The lowest BCUT2D eigenvalue weighted by Crippen LogP contribution is -2.23. The Balaban J connectivity index is 1.25. The number of hydrogen-bond donors (Lipinski definition) is 2. The van der Waals surface area contributed by atoms with Gasteiger partial charge in [-0.25, -0.2) is 19.2 Å². The summed E-state index contributed by atoms with van der Waals surface area (Å²) < 4.78 is 10.7. The number of benzene rings is 4. The molecule has 2 aromatic heterocycles. The van der Waals surface area contributed by atoms with E-state index >= 15 is 0 Å². The lowest BCUT2D eigenvalue weighted by Gasteiger charge is -2.25. The van der Waals surface area contributed by atoms with Gasteiger partial charge in [-0.05, 0) is 59.7 Å². The zero-order chi connectivity index (χ0) is 35.2. The Labute approximate surface area is 285 Å². The van der Waals surface area contributed by atoms with Crippen LogP contribution in [0.25, 0.3) is 21.9 Å². The highest BCUT2D eigenvalue weighted by Gasteiger charge is 2.16. The van der Waals surface area contributed by atoms with Crippen molar-refractivity contribution in [3.63, 3.8) is 0 Å². The molecule has 0 unspecified atom stereocenters. The molecular weight excluding hydrogens is 636 g/mol. The molecule has 0 fully saturated rings. The summed E-state index contributed by atoms with van der Waals surface area (Å²) in [6.45, 7) is 5.71. The summed E-state index contributed by atoms with van der Waals surface area (Å²) in [5, 5.41) is 19.6. The molecule has 6 aromatic rings. The third-order valence-electron chi connectivity index (χ3n) is 8.00. The van der Waals surface area contributed by atoms with Crippen LogP contribution in [0, 0.1) is 11.8 Å². The van der Waals surface area contributed by atoms with Gasteiger partial charge in [-0.2, -0.15) is 0 Å². The van der Waals surface area contributed by atoms with Crippen molar-refractivity contribution in [2.45, 2.75) is 13.1 Å². The molecule has 0 aliphatic rings. The third kappa shape index (κ3) is 7.48. The van der Waals surface area contributed by atoms with Crippen LogP contribution in [0.4, 0.5) is 11.4 Å². The standard InChI is InChI=1S/C40H30N2O8/c1-2-17-41(31-15-13-29-20-33(37(43)44)39(47)49-35(29)22-31)18-7-12-26-10-6-11-28(19-26)25-42(24-27-8-4-3-5-9-27)32-16-14-30-21-34(38(45)46)40(48)50-36(30)23-32/h2-6,8-11,13-16,19-23H,1,17-18,24-25H2,(H,43,44)(H,45,46). The molecule has 0 amide bonds. The Morgan fingerprint density at radius 2 is 1.24 bits per heavy atom. The maximum atomic E-state index is 12.3. The number of fused-ring (bicyclic) bond motifs is 2. The molecular formula is C40H30N2O8. The topological polar surface area (TPSA) is 142 Å². The SMILES string of the molecule is C=CCN(CC#Cc1cccc(CN(Cc2ccccc2)c2ccc3cc(C(=O)O)c(=O)oc3c2)c1)c1ccc2cc(C(=O)O)c(=O)oc2c1. The highest BCUT2D eigenvalue weighted by atomic mass is 16.4.